The minimum absolute atomic E-state index is 0.294. The smallest absolute Gasteiger partial charge is 0.202 e. The highest BCUT2D eigenvalue weighted by molar-refractivity contribution is 7.95. The fraction of sp³-hybridized carbons (Fsp3) is 0.333. The van der Waals surface area contributed by atoms with Gasteiger partial charge in [0.25, 0.3) is 0 Å². The van der Waals surface area contributed by atoms with Crippen LogP contribution in [-0.2, 0) is 9.84 Å². The molecule has 2 rings (SSSR count). The van der Waals surface area contributed by atoms with Crippen molar-refractivity contribution in [1.82, 2.24) is 0 Å². The summed E-state index contributed by atoms with van der Waals surface area (Å²) in [7, 11) is -3.42. The van der Waals surface area contributed by atoms with Crippen molar-refractivity contribution in [2.24, 2.45) is 5.92 Å². The Morgan fingerprint density at radius 3 is 2.38 bits per heavy atom. The summed E-state index contributed by atoms with van der Waals surface area (Å²) in [5.41, 5.74) is 0. The van der Waals surface area contributed by atoms with Crippen LogP contribution < -0.4 is 0 Å². The van der Waals surface area contributed by atoms with Gasteiger partial charge in [0.2, 0.25) is 9.84 Å². The zero-order valence-corrected chi connectivity index (χ0v) is 9.81. The third kappa shape index (κ3) is 1.79. The molecule has 0 spiro atoms. The number of aliphatic hydroxyl groups excluding tert-OH is 1. The molecule has 0 aliphatic heterocycles. The molecule has 16 heavy (non-hydrogen) atoms. The highest BCUT2D eigenvalue weighted by Gasteiger charge is 2.33. The van der Waals surface area contributed by atoms with Crippen LogP contribution in [0, 0.1) is 5.92 Å². The number of sulfone groups is 1. The van der Waals surface area contributed by atoms with Gasteiger partial charge in [-0.25, -0.2) is 8.42 Å². The Balaban J connectivity index is 2.42. The van der Waals surface area contributed by atoms with Gasteiger partial charge in [0.05, 0.1) is 15.9 Å². The van der Waals surface area contributed by atoms with Crippen molar-refractivity contribution in [3.63, 3.8) is 0 Å². The van der Waals surface area contributed by atoms with Gasteiger partial charge < -0.3 is 5.11 Å². The van der Waals surface area contributed by atoms with Crippen molar-refractivity contribution >= 4 is 9.84 Å². The lowest BCUT2D eigenvalue weighted by Crippen LogP contribution is -2.17. The molecule has 0 fully saturated rings. The van der Waals surface area contributed by atoms with Gasteiger partial charge >= 0.3 is 0 Å². The van der Waals surface area contributed by atoms with Gasteiger partial charge in [-0.15, -0.1) is 0 Å². The summed E-state index contributed by atoms with van der Waals surface area (Å²) in [6.07, 6.45) is 1.47. The van der Waals surface area contributed by atoms with E-state index in [1.54, 1.807) is 43.3 Å². The second kappa shape index (κ2) is 4.03. The van der Waals surface area contributed by atoms with Gasteiger partial charge in [-0.3, -0.25) is 0 Å². The lowest BCUT2D eigenvalue weighted by atomic mass is 10.1. The molecule has 1 aromatic carbocycles. The third-order valence-corrected chi connectivity index (χ3v) is 5.00. The van der Waals surface area contributed by atoms with Crippen molar-refractivity contribution in [3.05, 3.63) is 41.3 Å². The summed E-state index contributed by atoms with van der Waals surface area (Å²) >= 11 is 0. The number of benzene rings is 1. The minimum atomic E-state index is -3.42. The van der Waals surface area contributed by atoms with E-state index in [1.807, 2.05) is 0 Å². The maximum absolute atomic E-state index is 12.2. The molecule has 0 amide bonds. The van der Waals surface area contributed by atoms with Crippen LogP contribution in [0.5, 0.6) is 0 Å². The molecule has 2 atom stereocenters. The Kier molecular flexibility index (Phi) is 2.86. The standard InChI is InChI=1S/C12H14O3S/c1-9-11(13)7-8-12(9)16(14,15)10-5-3-2-4-6-10/h2-6,8-9,11,13H,7H2,1H3/t9-,11-/m1/s1. The first kappa shape index (κ1) is 11.4. The summed E-state index contributed by atoms with van der Waals surface area (Å²) in [6, 6.07) is 8.33. The van der Waals surface area contributed by atoms with Crippen molar-refractivity contribution < 1.29 is 13.5 Å². The zero-order chi connectivity index (χ0) is 11.8. The fourth-order valence-corrected chi connectivity index (χ4v) is 3.66. The molecule has 0 heterocycles. The van der Waals surface area contributed by atoms with Crippen LogP contribution in [-0.4, -0.2) is 19.6 Å². The summed E-state index contributed by atoms with van der Waals surface area (Å²) in [5, 5.41) is 9.56. The fourth-order valence-electron chi connectivity index (χ4n) is 1.91. The number of hydrogen-bond acceptors (Lipinski definition) is 3. The van der Waals surface area contributed by atoms with Gasteiger partial charge in [-0.2, -0.15) is 0 Å². The quantitative estimate of drug-likeness (QED) is 0.854. The van der Waals surface area contributed by atoms with Crippen LogP contribution in [0.15, 0.2) is 46.2 Å². The molecule has 86 valence electrons. The van der Waals surface area contributed by atoms with Crippen molar-refractivity contribution in [3.8, 4) is 0 Å². The predicted octanol–water partition coefficient (Wildman–Crippen LogP) is 1.74. The molecule has 1 aliphatic rings. The van der Waals surface area contributed by atoms with E-state index in [1.165, 1.54) is 0 Å². The number of hydrogen-bond donors (Lipinski definition) is 1. The Hall–Kier alpha value is -1.13. The van der Waals surface area contributed by atoms with E-state index in [4.69, 9.17) is 0 Å². The third-order valence-electron chi connectivity index (χ3n) is 2.95. The highest BCUT2D eigenvalue weighted by Crippen LogP contribution is 2.33. The van der Waals surface area contributed by atoms with Crippen LogP contribution in [0.1, 0.15) is 13.3 Å². The molecule has 1 N–H and O–H groups in total. The molecule has 4 heteroatoms. The maximum Gasteiger partial charge on any atom is 0.202 e. The SMILES string of the molecule is C[C@H]1C(S(=O)(=O)c2ccccc2)=CC[C@H]1O. The largest absolute Gasteiger partial charge is 0.392 e. The van der Waals surface area contributed by atoms with Gasteiger partial charge in [-0.1, -0.05) is 31.2 Å². The van der Waals surface area contributed by atoms with E-state index >= 15 is 0 Å². The van der Waals surface area contributed by atoms with Crippen LogP contribution in [0.2, 0.25) is 0 Å². The summed E-state index contributed by atoms with van der Waals surface area (Å²) in [4.78, 5) is 0.633. The monoisotopic (exact) mass is 238 g/mol. The van der Waals surface area contributed by atoms with E-state index in [-0.39, 0.29) is 5.92 Å². The maximum atomic E-state index is 12.2. The van der Waals surface area contributed by atoms with Crippen LogP contribution in [0.4, 0.5) is 0 Å². The van der Waals surface area contributed by atoms with Crippen LogP contribution in [0.25, 0.3) is 0 Å². The van der Waals surface area contributed by atoms with E-state index < -0.39 is 15.9 Å². The lowest BCUT2D eigenvalue weighted by molar-refractivity contribution is 0.149. The Morgan fingerprint density at radius 2 is 1.88 bits per heavy atom. The first-order chi connectivity index (χ1) is 7.53. The first-order valence-electron chi connectivity index (χ1n) is 5.21. The van der Waals surface area contributed by atoms with E-state index in [2.05, 4.69) is 0 Å². The van der Waals surface area contributed by atoms with Crippen LogP contribution >= 0.6 is 0 Å². The molecule has 0 saturated heterocycles. The van der Waals surface area contributed by atoms with E-state index in [9.17, 15) is 13.5 Å². The molecule has 0 unspecified atom stereocenters. The van der Waals surface area contributed by atoms with E-state index in [0.29, 0.717) is 16.2 Å². The molecule has 0 saturated carbocycles. The predicted molar refractivity (Wildman–Crippen MR) is 61.5 cm³/mol. The van der Waals surface area contributed by atoms with Crippen molar-refractivity contribution in [2.75, 3.05) is 0 Å². The second-order valence-corrected chi connectivity index (χ2v) is 5.96. The molecule has 1 aliphatic carbocycles. The molecule has 3 nitrogen and oxygen atoms in total. The van der Waals surface area contributed by atoms with Crippen molar-refractivity contribution in [1.29, 1.82) is 0 Å². The molecule has 1 aromatic rings. The second-order valence-electron chi connectivity index (χ2n) is 4.01. The topological polar surface area (TPSA) is 54.4 Å². The molecular formula is C12H14O3S. The summed E-state index contributed by atoms with van der Waals surface area (Å²) < 4.78 is 24.4. The van der Waals surface area contributed by atoms with Gasteiger partial charge in [0.15, 0.2) is 0 Å². The molecule has 0 bridgehead atoms. The minimum Gasteiger partial charge on any atom is -0.392 e. The molecule has 0 radical (unpaired) electrons. The van der Waals surface area contributed by atoms with Gasteiger partial charge in [0.1, 0.15) is 0 Å². The number of aliphatic hydroxyl groups is 1. The first-order valence-corrected chi connectivity index (χ1v) is 6.70. The number of rotatable bonds is 2. The van der Waals surface area contributed by atoms with E-state index in [0.717, 1.165) is 0 Å². The normalized spacial score (nSPS) is 25.5. The Morgan fingerprint density at radius 1 is 1.25 bits per heavy atom. The van der Waals surface area contributed by atoms with Crippen LogP contribution in [0.3, 0.4) is 0 Å². The average molecular weight is 238 g/mol. The van der Waals surface area contributed by atoms with Gasteiger partial charge in [0, 0.05) is 5.92 Å². The Labute approximate surface area is 95.3 Å². The zero-order valence-electron chi connectivity index (χ0n) is 9.00. The lowest BCUT2D eigenvalue weighted by Gasteiger charge is -2.13. The average Bonchev–Trinajstić information content (AvgIpc) is 2.61. The highest BCUT2D eigenvalue weighted by atomic mass is 32.2. The summed E-state index contributed by atoms with van der Waals surface area (Å²) in [6.45, 7) is 1.74. The molecule has 0 aromatic heterocycles. The molecular weight excluding hydrogens is 224 g/mol. The summed E-state index contributed by atoms with van der Waals surface area (Å²) in [5.74, 6) is -0.315. The van der Waals surface area contributed by atoms with Crippen molar-refractivity contribution in [2.45, 2.75) is 24.3 Å². The van der Waals surface area contributed by atoms with Gasteiger partial charge in [-0.05, 0) is 18.6 Å². The Bertz CT molecular complexity index is 502.